The first-order chi connectivity index (χ1) is 16.5. The van der Waals surface area contributed by atoms with Crippen LogP contribution in [0, 0.1) is 11.7 Å². The maximum atomic E-state index is 14.3. The van der Waals surface area contributed by atoms with Crippen molar-refractivity contribution in [2.24, 2.45) is 5.92 Å². The fourth-order valence-corrected chi connectivity index (χ4v) is 4.39. The van der Waals surface area contributed by atoms with Crippen LogP contribution in [0.2, 0.25) is 0 Å². The molecule has 0 radical (unpaired) electrons. The quantitative estimate of drug-likeness (QED) is 0.373. The zero-order valence-electron chi connectivity index (χ0n) is 19.8. The molecular formula is C22H31F4N5O4. The summed E-state index contributed by atoms with van der Waals surface area (Å²) in [4.78, 5) is 34.0. The molecule has 3 N–H and O–H groups in total. The largest absolute Gasteiger partial charge is 0.573 e. The van der Waals surface area contributed by atoms with Crippen LogP contribution in [0.25, 0.3) is 0 Å². The summed E-state index contributed by atoms with van der Waals surface area (Å²) in [5, 5.41) is 5.30. The van der Waals surface area contributed by atoms with E-state index in [1.165, 1.54) is 7.11 Å². The number of hydrogen-bond acceptors (Lipinski definition) is 5. The molecule has 3 atom stereocenters. The summed E-state index contributed by atoms with van der Waals surface area (Å²) >= 11 is 0. The molecule has 1 heterocycles. The topological polar surface area (TPSA) is 95.2 Å². The number of hydrogen-bond donors (Lipinski definition) is 3. The highest BCUT2D eigenvalue weighted by atomic mass is 19.4. The molecule has 1 aliphatic carbocycles. The number of piperidine rings is 1. The molecule has 0 bridgehead atoms. The number of urea groups is 2. The number of nitrogens with one attached hydrogen (secondary N) is 3. The third kappa shape index (κ3) is 7.34. The minimum Gasteiger partial charge on any atom is -0.406 e. The molecule has 0 aromatic heterocycles. The second kappa shape index (κ2) is 11.3. The normalized spacial score (nSPS) is 21.3. The van der Waals surface area contributed by atoms with Gasteiger partial charge in [0.05, 0.1) is 13.2 Å². The first kappa shape index (κ1) is 26.8. The number of halogens is 4. The maximum absolute atomic E-state index is 14.3. The monoisotopic (exact) mass is 505 g/mol. The number of likely N-dealkylation sites (tertiary alicyclic amines) is 1. The van der Waals surface area contributed by atoms with Gasteiger partial charge in [-0.05, 0) is 38.2 Å². The summed E-state index contributed by atoms with van der Waals surface area (Å²) in [5.41, 5.74) is 2.92. The summed E-state index contributed by atoms with van der Waals surface area (Å²) in [5.74, 6) is -1.59. The van der Waals surface area contributed by atoms with Crippen LogP contribution in [-0.2, 0) is 11.4 Å². The number of ether oxygens (including phenoxy) is 1. The molecule has 9 nitrogen and oxygen atoms in total. The van der Waals surface area contributed by atoms with Crippen molar-refractivity contribution >= 4 is 12.1 Å². The van der Waals surface area contributed by atoms with Crippen molar-refractivity contribution in [3.8, 4) is 5.75 Å². The molecule has 1 aliphatic heterocycles. The lowest BCUT2D eigenvalue weighted by atomic mass is 9.88. The van der Waals surface area contributed by atoms with Gasteiger partial charge in [0.15, 0.2) is 0 Å². The summed E-state index contributed by atoms with van der Waals surface area (Å²) in [6, 6.07) is 1.75. The van der Waals surface area contributed by atoms with E-state index in [0.717, 1.165) is 25.0 Å². The van der Waals surface area contributed by atoms with Crippen molar-refractivity contribution in [3.05, 3.63) is 29.6 Å². The average molecular weight is 506 g/mol. The van der Waals surface area contributed by atoms with E-state index in [2.05, 4.69) is 20.9 Å². The van der Waals surface area contributed by atoms with Gasteiger partial charge >= 0.3 is 18.4 Å². The molecular weight excluding hydrogens is 474 g/mol. The molecule has 35 heavy (non-hydrogen) atoms. The van der Waals surface area contributed by atoms with E-state index in [-0.39, 0.29) is 42.2 Å². The van der Waals surface area contributed by atoms with Gasteiger partial charge in [0.25, 0.3) is 0 Å². The van der Waals surface area contributed by atoms with Gasteiger partial charge in [-0.15, -0.1) is 13.2 Å². The molecule has 3 rings (SSSR count). The smallest absolute Gasteiger partial charge is 0.406 e. The van der Waals surface area contributed by atoms with E-state index >= 15 is 0 Å². The summed E-state index contributed by atoms with van der Waals surface area (Å²) in [6.07, 6.45) is -2.66. The molecule has 1 aromatic carbocycles. The highest BCUT2D eigenvalue weighted by molar-refractivity contribution is 5.76. The van der Waals surface area contributed by atoms with Crippen LogP contribution in [-0.4, -0.2) is 73.6 Å². The Kier molecular flexibility index (Phi) is 8.65. The van der Waals surface area contributed by atoms with Crippen LogP contribution >= 0.6 is 0 Å². The number of nitrogens with zero attached hydrogens (tertiary/aromatic N) is 2. The summed E-state index contributed by atoms with van der Waals surface area (Å²) in [7, 11) is 3.06. The van der Waals surface area contributed by atoms with Crippen LogP contribution < -0.4 is 20.9 Å². The molecule has 2 fully saturated rings. The van der Waals surface area contributed by atoms with Gasteiger partial charge in [0, 0.05) is 50.4 Å². The van der Waals surface area contributed by atoms with E-state index < -0.39 is 24.0 Å². The molecule has 3 unspecified atom stereocenters. The van der Waals surface area contributed by atoms with Crippen molar-refractivity contribution in [1.82, 2.24) is 25.9 Å². The van der Waals surface area contributed by atoms with E-state index in [4.69, 9.17) is 4.84 Å². The number of rotatable bonds is 8. The lowest BCUT2D eigenvalue weighted by Crippen LogP contribution is -2.60. The number of benzene rings is 1. The molecule has 2 aliphatic rings. The average Bonchev–Trinajstić information content (AvgIpc) is 3.62. The number of carbonyl (C=O) groups excluding carboxylic acids is 2. The molecule has 13 heteroatoms. The van der Waals surface area contributed by atoms with Crippen molar-refractivity contribution < 1.29 is 36.7 Å². The zero-order valence-corrected chi connectivity index (χ0v) is 19.8. The number of hydroxylamine groups is 1. The van der Waals surface area contributed by atoms with Crippen LogP contribution in [0.1, 0.15) is 31.7 Å². The number of amides is 4. The van der Waals surface area contributed by atoms with Crippen LogP contribution in [0.3, 0.4) is 0 Å². The third-order valence-corrected chi connectivity index (χ3v) is 6.23. The second-order valence-corrected chi connectivity index (χ2v) is 8.82. The molecule has 196 valence electrons. The fraction of sp³-hybridized carbons (Fsp3) is 0.636. The van der Waals surface area contributed by atoms with E-state index in [1.807, 2.05) is 6.92 Å². The van der Waals surface area contributed by atoms with Gasteiger partial charge in [-0.3, -0.25) is 0 Å². The van der Waals surface area contributed by atoms with Crippen LogP contribution in [0.5, 0.6) is 5.75 Å². The van der Waals surface area contributed by atoms with Crippen LogP contribution in [0.4, 0.5) is 27.2 Å². The Bertz CT molecular complexity index is 899. The van der Waals surface area contributed by atoms with Gasteiger partial charge in [-0.25, -0.2) is 14.0 Å². The third-order valence-electron chi connectivity index (χ3n) is 6.23. The molecule has 0 spiro atoms. The van der Waals surface area contributed by atoms with Crippen molar-refractivity contribution in [2.75, 3.05) is 27.2 Å². The minimum absolute atomic E-state index is 0.00314. The van der Waals surface area contributed by atoms with E-state index in [9.17, 15) is 27.2 Å². The Labute approximate surface area is 201 Å². The predicted molar refractivity (Wildman–Crippen MR) is 118 cm³/mol. The molecule has 1 saturated carbocycles. The Morgan fingerprint density at radius 2 is 1.94 bits per heavy atom. The fourth-order valence-electron chi connectivity index (χ4n) is 4.39. The standard InChI is InChI=1S/C22H31F4N5O4/c1-13(29-34-3)15-8-17(12-30(11-15)20(32)27-2)31(16-5-6-16)21(33)28-10-14-4-7-18(9-19(14)23)35-22(24,25)26/h4,7,9,13,15-17,29H,5-6,8,10-12H2,1-3H3,(H,27,32)(H,28,33). The molecule has 4 amide bonds. The SMILES string of the molecule is CNC(=O)N1CC(C(C)NOC)CC(N(C(=O)NCc2ccc(OC(F)(F)F)cc2F)C2CC2)C1. The van der Waals surface area contributed by atoms with Crippen molar-refractivity contribution in [2.45, 2.75) is 57.2 Å². The lowest BCUT2D eigenvalue weighted by molar-refractivity contribution is -0.274. The van der Waals surface area contributed by atoms with Crippen molar-refractivity contribution in [3.63, 3.8) is 0 Å². The van der Waals surface area contributed by atoms with Gasteiger partial charge in [0.2, 0.25) is 0 Å². The Hall–Kier alpha value is -2.80. The van der Waals surface area contributed by atoms with Gasteiger partial charge < -0.3 is 30.0 Å². The van der Waals surface area contributed by atoms with E-state index in [0.29, 0.717) is 25.6 Å². The van der Waals surface area contributed by atoms with Crippen molar-refractivity contribution in [1.29, 1.82) is 0 Å². The second-order valence-electron chi connectivity index (χ2n) is 8.82. The highest BCUT2D eigenvalue weighted by Gasteiger charge is 2.43. The zero-order chi connectivity index (χ0) is 25.8. The Balaban J connectivity index is 1.70. The predicted octanol–water partition coefficient (Wildman–Crippen LogP) is 2.97. The highest BCUT2D eigenvalue weighted by Crippen LogP contribution is 2.33. The lowest BCUT2D eigenvalue weighted by Gasteiger charge is -2.44. The van der Waals surface area contributed by atoms with E-state index in [1.54, 1.807) is 16.8 Å². The molecule has 1 aromatic rings. The summed E-state index contributed by atoms with van der Waals surface area (Å²) < 4.78 is 55.1. The van der Waals surface area contributed by atoms with Gasteiger partial charge in [0.1, 0.15) is 11.6 Å². The Morgan fingerprint density at radius 1 is 1.23 bits per heavy atom. The number of alkyl halides is 3. The molecule has 1 saturated heterocycles. The summed E-state index contributed by atoms with van der Waals surface area (Å²) in [6.45, 7) is 2.56. The first-order valence-electron chi connectivity index (χ1n) is 11.4. The van der Waals surface area contributed by atoms with Gasteiger partial charge in [-0.2, -0.15) is 5.48 Å². The van der Waals surface area contributed by atoms with Gasteiger partial charge in [-0.1, -0.05) is 6.07 Å². The minimum atomic E-state index is -4.93. The van der Waals surface area contributed by atoms with Crippen LogP contribution in [0.15, 0.2) is 18.2 Å². The number of carbonyl (C=O) groups is 2. The Morgan fingerprint density at radius 3 is 2.51 bits per heavy atom. The first-order valence-corrected chi connectivity index (χ1v) is 11.4. The maximum Gasteiger partial charge on any atom is 0.573 e.